The minimum Gasteiger partial charge on any atom is -0.465 e. The van der Waals surface area contributed by atoms with Crippen molar-refractivity contribution < 1.29 is 57.5 Å². The summed E-state index contributed by atoms with van der Waals surface area (Å²) in [5, 5.41) is 27.8. The fraction of sp³-hybridized carbons (Fsp3) is 0.519. The number of hydrogen-bond donors (Lipinski definition) is 5. The summed E-state index contributed by atoms with van der Waals surface area (Å²) in [6.45, 7) is 7.04. The zero-order chi connectivity index (χ0) is 52.9. The average molecular weight is 1040 g/mol. The van der Waals surface area contributed by atoms with Gasteiger partial charge >= 0.3 is 12.1 Å². The lowest BCUT2D eigenvalue weighted by Crippen LogP contribution is -2.46. The molecule has 0 radical (unpaired) electrons. The molecule has 0 saturated heterocycles. The van der Waals surface area contributed by atoms with Crippen molar-refractivity contribution >= 4 is 52.1 Å². The Kier molecular flexibility index (Phi) is 25.1. The number of hydrogen-bond acceptors (Lipinski definition) is 14. The second kappa shape index (κ2) is 32.6. The quantitative estimate of drug-likeness (QED) is 0.0351. The highest BCUT2D eigenvalue weighted by Gasteiger charge is 2.34. The lowest BCUT2D eigenvalue weighted by atomic mass is 9.86. The summed E-state index contributed by atoms with van der Waals surface area (Å²) in [6.07, 6.45) is 8.77. The molecule has 2 aromatic carbocycles. The smallest absolute Gasteiger partial charge is 0.405 e. The standard InChI is InChI=1S/C54H73N9O12/c1-70-26-27-72-30-31-74-34-35-75-33-32-73-29-28-71-25-19-50(64)57-20-6-4-12-48(60-54(68)69)51(65)58-21-5-2-3-7-24-63-52(66)46(44-10-8-13-47-45(44)11-9-22-56-47)36-49(61-63)40-14-16-43(17-15-40)59-53(67)62-38-41-18-23-55-37-42(41)39-62/h8-11,13-18,22-23,37,46,48,60H,2-7,12,19-21,24-36,38-39H2,1H3,(H,57,64)(H,58,65)(H,59,67)(H,68,69)/t46?,48-/m0/s1. The zero-order valence-corrected chi connectivity index (χ0v) is 43.0. The number of anilines is 1. The summed E-state index contributed by atoms with van der Waals surface area (Å²) in [4.78, 5) is 74.6. The summed E-state index contributed by atoms with van der Waals surface area (Å²) >= 11 is 0. The van der Waals surface area contributed by atoms with Crippen molar-refractivity contribution in [3.05, 3.63) is 102 Å². The van der Waals surface area contributed by atoms with Gasteiger partial charge in [-0.15, -0.1) is 0 Å². The third-order valence-corrected chi connectivity index (χ3v) is 12.6. The van der Waals surface area contributed by atoms with Crippen LogP contribution in [0.2, 0.25) is 0 Å². The minimum atomic E-state index is -1.29. The molecule has 0 spiro atoms. The number of carbonyl (C=O) groups excluding carboxylic acids is 4. The Hall–Kier alpha value is -6.62. The number of ether oxygens (including phenoxy) is 6. The molecular weight excluding hydrogens is 967 g/mol. The molecule has 6 amide bonds. The van der Waals surface area contributed by atoms with Crippen LogP contribution in [0.15, 0.2) is 84.4 Å². The number of pyridine rings is 2. The van der Waals surface area contributed by atoms with E-state index in [1.165, 1.54) is 0 Å². The largest absolute Gasteiger partial charge is 0.465 e. The Morgan fingerprint density at radius 1 is 0.720 bits per heavy atom. The van der Waals surface area contributed by atoms with Crippen LogP contribution in [-0.2, 0) is 55.9 Å². The van der Waals surface area contributed by atoms with Crippen molar-refractivity contribution in [1.82, 2.24) is 35.8 Å². The molecule has 6 rings (SSSR count). The topological polar surface area (TPSA) is 254 Å². The van der Waals surface area contributed by atoms with Crippen LogP contribution in [-0.4, -0.2) is 166 Å². The summed E-state index contributed by atoms with van der Waals surface area (Å²) in [7, 11) is 1.63. The maximum Gasteiger partial charge on any atom is 0.405 e. The molecule has 2 aliphatic rings. The number of rotatable bonds is 35. The first-order chi connectivity index (χ1) is 36.7. The van der Waals surface area contributed by atoms with E-state index in [2.05, 4.69) is 31.2 Å². The second-order valence-corrected chi connectivity index (χ2v) is 18.0. The van der Waals surface area contributed by atoms with Crippen LogP contribution in [0.25, 0.3) is 10.9 Å². The molecule has 21 nitrogen and oxygen atoms in total. The third-order valence-electron chi connectivity index (χ3n) is 12.6. The number of hydrazone groups is 1. The van der Waals surface area contributed by atoms with Gasteiger partial charge in [0, 0.05) is 82.3 Å². The van der Waals surface area contributed by atoms with Crippen molar-refractivity contribution in [1.29, 1.82) is 0 Å². The molecular formula is C54H73N9O12. The number of fused-ring (bicyclic) bond motifs is 2. The van der Waals surface area contributed by atoms with Crippen molar-refractivity contribution in [3.8, 4) is 0 Å². The van der Waals surface area contributed by atoms with Crippen LogP contribution in [0.1, 0.15) is 86.0 Å². The molecule has 2 aromatic heterocycles. The van der Waals surface area contributed by atoms with Crippen LogP contribution >= 0.6 is 0 Å². The number of unbranched alkanes of at least 4 members (excludes halogenated alkanes) is 4. The van der Waals surface area contributed by atoms with Gasteiger partial charge in [0.2, 0.25) is 11.8 Å². The fourth-order valence-corrected chi connectivity index (χ4v) is 8.59. The number of aromatic nitrogens is 2. The highest BCUT2D eigenvalue weighted by atomic mass is 16.6. The monoisotopic (exact) mass is 1040 g/mol. The Morgan fingerprint density at radius 2 is 1.39 bits per heavy atom. The van der Waals surface area contributed by atoms with Gasteiger partial charge in [-0.05, 0) is 84.7 Å². The molecule has 4 heterocycles. The number of nitrogens with one attached hydrogen (secondary N) is 4. The van der Waals surface area contributed by atoms with Crippen LogP contribution in [0.3, 0.4) is 0 Å². The molecule has 0 saturated carbocycles. The van der Waals surface area contributed by atoms with Gasteiger partial charge in [-0.2, -0.15) is 5.10 Å². The van der Waals surface area contributed by atoms with Crippen LogP contribution in [0.4, 0.5) is 15.3 Å². The van der Waals surface area contributed by atoms with Gasteiger partial charge in [0.25, 0.3) is 5.91 Å². The number of nitrogens with zero attached hydrogens (tertiary/aromatic N) is 5. The predicted octanol–water partition coefficient (Wildman–Crippen LogP) is 5.62. The van der Waals surface area contributed by atoms with Gasteiger partial charge in [-0.1, -0.05) is 43.2 Å². The number of methoxy groups -OCH3 is 1. The van der Waals surface area contributed by atoms with Crippen molar-refractivity contribution in [3.63, 3.8) is 0 Å². The van der Waals surface area contributed by atoms with E-state index in [-0.39, 0.29) is 37.3 Å². The van der Waals surface area contributed by atoms with Gasteiger partial charge in [0.15, 0.2) is 0 Å². The number of benzene rings is 2. The maximum atomic E-state index is 14.2. The predicted molar refractivity (Wildman–Crippen MR) is 280 cm³/mol. The Bertz CT molecular complexity index is 2410. The highest BCUT2D eigenvalue weighted by Crippen LogP contribution is 2.34. The van der Waals surface area contributed by atoms with Gasteiger partial charge in [0.05, 0.1) is 89.8 Å². The van der Waals surface area contributed by atoms with E-state index in [0.29, 0.717) is 137 Å². The van der Waals surface area contributed by atoms with Gasteiger partial charge < -0.3 is 59.7 Å². The molecule has 406 valence electrons. The van der Waals surface area contributed by atoms with E-state index < -0.39 is 24.0 Å². The van der Waals surface area contributed by atoms with E-state index in [4.69, 9.17) is 33.5 Å². The molecule has 2 atom stereocenters. The van der Waals surface area contributed by atoms with Crippen LogP contribution < -0.4 is 21.3 Å². The molecule has 1 unspecified atom stereocenters. The van der Waals surface area contributed by atoms with Crippen LogP contribution in [0.5, 0.6) is 0 Å². The van der Waals surface area contributed by atoms with Crippen molar-refractivity contribution in [2.75, 3.05) is 105 Å². The molecule has 2 aliphatic heterocycles. The number of carbonyl (C=O) groups is 5. The summed E-state index contributed by atoms with van der Waals surface area (Å²) in [6, 6.07) is 18.0. The SMILES string of the molecule is COCCOCCOCCOCCOCCOCCC(=O)NCCCC[C@H](NC(=O)O)C(=O)NCCCCCCN1N=C(c2ccc(NC(=O)N3Cc4ccncc4C3)cc2)CC(c2cccc3ncccc23)C1=O. The fourth-order valence-electron chi connectivity index (χ4n) is 8.59. The molecule has 0 fully saturated rings. The first-order valence-corrected chi connectivity index (χ1v) is 25.9. The van der Waals surface area contributed by atoms with Crippen molar-refractivity contribution in [2.24, 2.45) is 5.10 Å². The molecule has 5 N–H and O–H groups in total. The second-order valence-electron chi connectivity index (χ2n) is 18.0. The first-order valence-electron chi connectivity index (χ1n) is 25.9. The lowest BCUT2D eigenvalue weighted by molar-refractivity contribution is -0.133. The molecule has 75 heavy (non-hydrogen) atoms. The average Bonchev–Trinajstić information content (AvgIpc) is 3.86. The van der Waals surface area contributed by atoms with Crippen molar-refractivity contribution in [2.45, 2.75) is 82.8 Å². The summed E-state index contributed by atoms with van der Waals surface area (Å²) in [5.74, 6) is -1.15. The number of amides is 6. The van der Waals surface area contributed by atoms with E-state index in [0.717, 1.165) is 51.7 Å². The first kappa shape index (κ1) is 57.7. The number of carboxylic acid groups (broad SMARTS) is 1. The van der Waals surface area contributed by atoms with Crippen LogP contribution in [0, 0.1) is 0 Å². The van der Waals surface area contributed by atoms with E-state index in [9.17, 15) is 29.1 Å². The molecule has 21 heteroatoms. The van der Waals surface area contributed by atoms with E-state index >= 15 is 0 Å². The third kappa shape index (κ3) is 19.9. The van der Waals surface area contributed by atoms with Gasteiger partial charge in [-0.3, -0.25) is 24.4 Å². The molecule has 0 aliphatic carbocycles. The van der Waals surface area contributed by atoms with E-state index in [1.54, 1.807) is 35.6 Å². The Balaban J connectivity index is 0.851. The zero-order valence-electron chi connectivity index (χ0n) is 43.0. The highest BCUT2D eigenvalue weighted by molar-refractivity contribution is 6.07. The van der Waals surface area contributed by atoms with E-state index in [1.807, 2.05) is 60.7 Å². The molecule has 4 aromatic rings. The molecule has 0 bridgehead atoms. The lowest BCUT2D eigenvalue weighted by Gasteiger charge is -2.30. The Morgan fingerprint density at radius 3 is 2.09 bits per heavy atom. The Labute approximate surface area is 438 Å². The maximum absolute atomic E-state index is 14.2. The normalized spacial score (nSPS) is 14.6. The summed E-state index contributed by atoms with van der Waals surface area (Å²) < 4.78 is 32.1. The van der Waals surface area contributed by atoms with Gasteiger partial charge in [-0.25, -0.2) is 14.6 Å². The summed E-state index contributed by atoms with van der Waals surface area (Å²) in [5.41, 5.74) is 6.06. The van der Waals surface area contributed by atoms with Gasteiger partial charge in [0.1, 0.15) is 6.04 Å². The number of urea groups is 1. The minimum absolute atomic E-state index is 0.0935.